The number of ether oxygens (including phenoxy) is 1. The second-order valence-corrected chi connectivity index (χ2v) is 5.29. The van der Waals surface area contributed by atoms with Crippen LogP contribution in [0.4, 0.5) is 0 Å². The lowest BCUT2D eigenvalue weighted by Crippen LogP contribution is -2.23. The number of aryl methyl sites for hydroxylation is 1. The van der Waals surface area contributed by atoms with Crippen molar-refractivity contribution < 1.29 is 9.84 Å². The van der Waals surface area contributed by atoms with Gasteiger partial charge in [0.1, 0.15) is 5.75 Å². The minimum Gasteiger partial charge on any atom is -0.497 e. The van der Waals surface area contributed by atoms with Crippen molar-refractivity contribution in [3.63, 3.8) is 0 Å². The predicted octanol–water partition coefficient (Wildman–Crippen LogP) is 2.75. The number of hydrogen-bond acceptors (Lipinski definition) is 3. The number of methoxy groups -OCH3 is 1. The highest BCUT2D eigenvalue weighted by Gasteiger charge is 2.25. The van der Waals surface area contributed by atoms with Crippen molar-refractivity contribution in [2.45, 2.75) is 38.8 Å². The Bertz CT molecular complexity index is 544. The van der Waals surface area contributed by atoms with Crippen molar-refractivity contribution in [2.75, 3.05) is 7.11 Å². The van der Waals surface area contributed by atoms with Crippen LogP contribution < -0.4 is 4.74 Å². The van der Waals surface area contributed by atoms with Crippen molar-refractivity contribution >= 4 is 0 Å². The van der Waals surface area contributed by atoms with E-state index in [9.17, 15) is 5.11 Å². The molecule has 0 spiro atoms. The van der Waals surface area contributed by atoms with E-state index in [0.717, 1.165) is 29.8 Å². The van der Waals surface area contributed by atoms with E-state index in [1.54, 1.807) is 13.3 Å². The van der Waals surface area contributed by atoms with Crippen LogP contribution in [0.1, 0.15) is 31.4 Å². The highest BCUT2D eigenvalue weighted by atomic mass is 16.5. The highest BCUT2D eigenvalue weighted by molar-refractivity contribution is 5.29. The Hall–Kier alpha value is -1.81. The van der Waals surface area contributed by atoms with Crippen LogP contribution in [0.2, 0.25) is 0 Å². The number of aliphatic hydroxyl groups is 1. The standard InChI is InChI=1S/C16H22N2O2/c1-4-9-18-12-14(11-17-18)16(2,19)10-13-5-7-15(20-3)8-6-13/h5-8,11-12,19H,4,9-10H2,1-3H3. The maximum Gasteiger partial charge on any atom is 0.118 e. The van der Waals surface area contributed by atoms with Crippen LogP contribution in [0.15, 0.2) is 36.7 Å². The normalized spacial score (nSPS) is 14.0. The molecule has 1 aromatic carbocycles. The van der Waals surface area contributed by atoms with E-state index < -0.39 is 5.60 Å². The van der Waals surface area contributed by atoms with E-state index in [-0.39, 0.29) is 0 Å². The van der Waals surface area contributed by atoms with Gasteiger partial charge in [-0.15, -0.1) is 0 Å². The molecule has 1 heterocycles. The van der Waals surface area contributed by atoms with Crippen molar-refractivity contribution in [2.24, 2.45) is 0 Å². The number of aromatic nitrogens is 2. The number of rotatable bonds is 6. The fourth-order valence-electron chi connectivity index (χ4n) is 2.24. The molecule has 0 fully saturated rings. The van der Waals surface area contributed by atoms with Gasteiger partial charge in [-0.1, -0.05) is 19.1 Å². The lowest BCUT2D eigenvalue weighted by atomic mass is 9.91. The maximum atomic E-state index is 10.7. The first kappa shape index (κ1) is 14.6. The van der Waals surface area contributed by atoms with Gasteiger partial charge in [0.2, 0.25) is 0 Å². The van der Waals surface area contributed by atoms with E-state index in [1.807, 2.05) is 42.1 Å². The van der Waals surface area contributed by atoms with Gasteiger partial charge >= 0.3 is 0 Å². The third kappa shape index (κ3) is 3.39. The van der Waals surface area contributed by atoms with E-state index >= 15 is 0 Å². The molecule has 2 rings (SSSR count). The molecule has 108 valence electrons. The Morgan fingerprint density at radius 2 is 2.00 bits per heavy atom. The Kier molecular flexibility index (Phi) is 4.45. The molecule has 1 atom stereocenters. The van der Waals surface area contributed by atoms with Gasteiger partial charge in [0, 0.05) is 24.7 Å². The molecule has 2 aromatic rings. The number of hydrogen-bond donors (Lipinski definition) is 1. The molecular formula is C16H22N2O2. The third-order valence-electron chi connectivity index (χ3n) is 3.42. The first-order chi connectivity index (χ1) is 9.55. The van der Waals surface area contributed by atoms with Crippen molar-refractivity contribution in [1.29, 1.82) is 0 Å². The molecule has 0 amide bonds. The molecule has 4 nitrogen and oxygen atoms in total. The monoisotopic (exact) mass is 274 g/mol. The number of benzene rings is 1. The van der Waals surface area contributed by atoms with Gasteiger partial charge in [0.05, 0.1) is 18.9 Å². The summed E-state index contributed by atoms with van der Waals surface area (Å²) < 4.78 is 7.01. The van der Waals surface area contributed by atoms with Gasteiger partial charge in [-0.25, -0.2) is 0 Å². The summed E-state index contributed by atoms with van der Waals surface area (Å²) in [4.78, 5) is 0. The fraction of sp³-hybridized carbons (Fsp3) is 0.438. The van der Waals surface area contributed by atoms with Gasteiger partial charge in [-0.2, -0.15) is 5.10 Å². The summed E-state index contributed by atoms with van der Waals surface area (Å²) in [6.45, 7) is 4.81. The molecule has 0 saturated heterocycles. The second kappa shape index (κ2) is 6.09. The van der Waals surface area contributed by atoms with Crippen LogP contribution in [0.5, 0.6) is 5.75 Å². The van der Waals surface area contributed by atoms with Crippen LogP contribution in [0.25, 0.3) is 0 Å². The van der Waals surface area contributed by atoms with E-state index in [0.29, 0.717) is 6.42 Å². The fourth-order valence-corrected chi connectivity index (χ4v) is 2.24. The maximum absolute atomic E-state index is 10.7. The zero-order valence-electron chi connectivity index (χ0n) is 12.3. The molecule has 20 heavy (non-hydrogen) atoms. The van der Waals surface area contributed by atoms with Crippen LogP contribution >= 0.6 is 0 Å². The average Bonchev–Trinajstić information content (AvgIpc) is 2.89. The Balaban J connectivity index is 2.11. The molecule has 1 unspecified atom stereocenters. The van der Waals surface area contributed by atoms with Crippen molar-refractivity contribution in [1.82, 2.24) is 9.78 Å². The van der Waals surface area contributed by atoms with Crippen LogP contribution in [0.3, 0.4) is 0 Å². The lowest BCUT2D eigenvalue weighted by molar-refractivity contribution is 0.0575. The Morgan fingerprint density at radius 3 is 2.60 bits per heavy atom. The zero-order valence-corrected chi connectivity index (χ0v) is 12.3. The van der Waals surface area contributed by atoms with Gasteiger partial charge in [0.25, 0.3) is 0 Å². The third-order valence-corrected chi connectivity index (χ3v) is 3.42. The molecular weight excluding hydrogens is 252 g/mol. The first-order valence-electron chi connectivity index (χ1n) is 6.93. The topological polar surface area (TPSA) is 47.3 Å². The summed E-state index contributed by atoms with van der Waals surface area (Å²) in [5.74, 6) is 0.823. The molecule has 0 bridgehead atoms. The molecule has 0 radical (unpaired) electrons. The summed E-state index contributed by atoms with van der Waals surface area (Å²) in [6.07, 6.45) is 5.25. The summed E-state index contributed by atoms with van der Waals surface area (Å²) in [5, 5.41) is 14.9. The van der Waals surface area contributed by atoms with Crippen LogP contribution in [0, 0.1) is 0 Å². The molecule has 0 aliphatic carbocycles. The Morgan fingerprint density at radius 1 is 1.30 bits per heavy atom. The first-order valence-corrected chi connectivity index (χ1v) is 6.93. The van der Waals surface area contributed by atoms with E-state index in [1.165, 1.54) is 0 Å². The quantitative estimate of drug-likeness (QED) is 0.881. The molecule has 4 heteroatoms. The number of nitrogens with zero attached hydrogens (tertiary/aromatic N) is 2. The average molecular weight is 274 g/mol. The highest BCUT2D eigenvalue weighted by Crippen LogP contribution is 2.25. The van der Waals surface area contributed by atoms with Gasteiger partial charge in [-0.05, 0) is 31.0 Å². The molecule has 0 aliphatic heterocycles. The minimum absolute atomic E-state index is 0.550. The molecule has 0 aliphatic rings. The summed E-state index contributed by atoms with van der Waals surface area (Å²) in [6, 6.07) is 7.77. The van der Waals surface area contributed by atoms with Crippen LogP contribution in [-0.4, -0.2) is 22.0 Å². The predicted molar refractivity (Wildman–Crippen MR) is 78.8 cm³/mol. The van der Waals surface area contributed by atoms with Crippen LogP contribution in [-0.2, 0) is 18.6 Å². The lowest BCUT2D eigenvalue weighted by Gasteiger charge is -2.22. The molecule has 0 saturated carbocycles. The Labute approximate surface area is 120 Å². The SMILES string of the molecule is CCCn1cc(C(C)(O)Cc2ccc(OC)cc2)cn1. The van der Waals surface area contributed by atoms with Gasteiger partial charge in [0.15, 0.2) is 0 Å². The smallest absolute Gasteiger partial charge is 0.118 e. The van der Waals surface area contributed by atoms with E-state index in [4.69, 9.17) is 4.74 Å². The summed E-state index contributed by atoms with van der Waals surface area (Å²) in [5.41, 5.74) is 1.00. The minimum atomic E-state index is -0.916. The largest absolute Gasteiger partial charge is 0.497 e. The summed E-state index contributed by atoms with van der Waals surface area (Å²) >= 11 is 0. The van der Waals surface area contributed by atoms with Gasteiger partial charge in [-0.3, -0.25) is 4.68 Å². The van der Waals surface area contributed by atoms with E-state index in [2.05, 4.69) is 12.0 Å². The van der Waals surface area contributed by atoms with Crippen molar-refractivity contribution in [3.05, 3.63) is 47.8 Å². The summed E-state index contributed by atoms with van der Waals surface area (Å²) in [7, 11) is 1.65. The zero-order chi connectivity index (χ0) is 14.6. The van der Waals surface area contributed by atoms with Crippen molar-refractivity contribution in [3.8, 4) is 5.75 Å². The van der Waals surface area contributed by atoms with Gasteiger partial charge < -0.3 is 9.84 Å². The molecule has 1 aromatic heterocycles. The second-order valence-electron chi connectivity index (χ2n) is 5.29. The molecule has 1 N–H and O–H groups in total.